The zero-order valence-corrected chi connectivity index (χ0v) is 74.4. The van der Waals surface area contributed by atoms with Gasteiger partial charge in [0.1, 0.15) is 22.7 Å². The minimum Gasteiger partial charge on any atom is -0.308 e. The second-order valence-electron chi connectivity index (χ2n) is 36.7. The van der Waals surface area contributed by atoms with Crippen LogP contribution in [0.15, 0.2) is 407 Å². The third kappa shape index (κ3) is 10.3. The lowest BCUT2D eigenvalue weighted by atomic mass is 10.0. The Morgan fingerprint density at radius 2 is 0.636 bits per heavy atom. The van der Waals surface area contributed by atoms with E-state index in [1.807, 2.05) is 97.2 Å². The van der Waals surface area contributed by atoms with Crippen LogP contribution in [0.3, 0.4) is 0 Å². The Bertz CT molecular complexity index is 11400. The molecule has 0 spiro atoms. The molecule has 14 heterocycles. The molecule has 0 saturated heterocycles. The van der Waals surface area contributed by atoms with Crippen molar-refractivity contribution >= 4 is 262 Å². The van der Waals surface area contributed by atoms with E-state index in [1.54, 1.807) is 6.20 Å². The Morgan fingerprint density at radius 1 is 0.243 bits per heavy atom. The standard InChI is InChI=1S/C43H23N5.C42H22N6.C40H22N4/c44-24-25-10-9-12-27(22-25)40-43(46-34-17-6-5-16-33(34)45-40)48-37-21-20-26-11-1-2-13-28(26)38(37)32-23-31-29-14-3-7-18-35(29)47-36-19-8-4-15-30(36)39(41(31)47)42(32)48;1-43-26-12-8-11-25(22-26)38-39-32(16-9-21-44-39)45-42(46-38)48-35-20-19-24-10-2-3-13-27(24)36(35)31-23-30-28-14-4-6-17-33(28)47-34-18-7-5-15-29(34)37(40(30)47)41(31)48;1-2-10-26-23(8-1)17-19-33-35(26)30-22-29-27-11-3-5-13-31(27)43-32-14-6-4-12-28(32)36(39(29)43)40(30)44(33)34-20-18-25-16-15-24-9-7-21-41-37(24)38(25)42-34/h1-23H;2-23H;1-22H. The van der Waals surface area contributed by atoms with E-state index in [-0.39, 0.29) is 0 Å². The lowest BCUT2D eigenvalue weighted by molar-refractivity contribution is 1.01. The molecule has 19 aromatic carbocycles. The number of hydrogen-bond donors (Lipinski definition) is 0. The molecule has 0 aliphatic carbocycles. The summed E-state index contributed by atoms with van der Waals surface area (Å²) in [7, 11) is 0. The second-order valence-corrected chi connectivity index (χ2v) is 36.7. The highest BCUT2D eigenvalue weighted by Crippen LogP contribution is 2.54. The van der Waals surface area contributed by atoms with E-state index < -0.39 is 0 Å². The molecule has 0 unspecified atom stereocenters. The molecule has 0 N–H and O–H groups in total. The average molecular weight is 1780 g/mol. The maximum Gasteiger partial charge on any atom is 0.235 e. The van der Waals surface area contributed by atoms with Crippen LogP contribution in [0.2, 0.25) is 0 Å². The summed E-state index contributed by atoms with van der Waals surface area (Å²) in [6.45, 7) is 7.65. The van der Waals surface area contributed by atoms with Gasteiger partial charge in [0.05, 0.1) is 129 Å². The number of pyridine rings is 3. The van der Waals surface area contributed by atoms with Crippen LogP contribution in [0.4, 0.5) is 5.69 Å². The van der Waals surface area contributed by atoms with Gasteiger partial charge in [-0.3, -0.25) is 23.7 Å². The predicted molar refractivity (Wildman–Crippen MR) is 575 cm³/mol. The average Bonchev–Trinajstić information content (AvgIpc) is 1.52. The van der Waals surface area contributed by atoms with E-state index in [1.165, 1.54) is 179 Å². The summed E-state index contributed by atoms with van der Waals surface area (Å²) in [6.07, 6.45) is 3.63. The number of rotatable bonds is 5. The normalized spacial score (nSPS) is 12.3. The fourth-order valence-corrected chi connectivity index (χ4v) is 23.9. The van der Waals surface area contributed by atoms with Gasteiger partial charge in [0.2, 0.25) is 5.95 Å². The highest BCUT2D eigenvalue weighted by Gasteiger charge is 2.33. The molecule has 0 bridgehead atoms. The van der Waals surface area contributed by atoms with Gasteiger partial charge in [-0.15, -0.1) is 0 Å². The van der Waals surface area contributed by atoms with Crippen LogP contribution in [0.5, 0.6) is 0 Å². The van der Waals surface area contributed by atoms with Gasteiger partial charge in [0.25, 0.3) is 0 Å². The highest BCUT2D eigenvalue weighted by atomic mass is 15.2. The zero-order chi connectivity index (χ0) is 91.5. The Hall–Kier alpha value is -19.6. The first-order chi connectivity index (χ1) is 69.4. The third-order valence-corrected chi connectivity index (χ3v) is 29.5. The van der Waals surface area contributed by atoms with Gasteiger partial charge in [-0.25, -0.2) is 29.8 Å². The summed E-state index contributed by atoms with van der Waals surface area (Å²) >= 11 is 0. The van der Waals surface area contributed by atoms with Crippen LogP contribution in [-0.2, 0) is 0 Å². The smallest absolute Gasteiger partial charge is 0.235 e. The number of nitriles is 1. The molecular weight excluding hydrogens is 1710 g/mol. The van der Waals surface area contributed by atoms with Crippen molar-refractivity contribution in [3.05, 3.63) is 424 Å². The molecule has 0 amide bonds. The van der Waals surface area contributed by atoms with E-state index in [4.69, 9.17) is 41.5 Å². The topological polar surface area (TPSA) is 146 Å². The molecule has 33 aromatic rings. The first kappa shape index (κ1) is 75.9. The van der Waals surface area contributed by atoms with Crippen molar-refractivity contribution in [2.45, 2.75) is 0 Å². The van der Waals surface area contributed by atoms with Gasteiger partial charge < -0.3 is 13.2 Å². The van der Waals surface area contributed by atoms with Crippen molar-refractivity contribution in [3.8, 4) is 46.2 Å². The number of nitrogens with zero attached hydrogens (tertiary/aromatic N) is 15. The van der Waals surface area contributed by atoms with Gasteiger partial charge in [-0.05, 0) is 171 Å². The molecule has 15 nitrogen and oxygen atoms in total. The fourth-order valence-electron chi connectivity index (χ4n) is 23.9. The molecular formula is C125H67N15. The summed E-state index contributed by atoms with van der Waals surface area (Å²) in [6, 6.07) is 141. The molecule has 140 heavy (non-hydrogen) atoms. The maximum atomic E-state index is 9.85. The molecule has 0 aliphatic rings. The third-order valence-electron chi connectivity index (χ3n) is 29.5. The van der Waals surface area contributed by atoms with Crippen LogP contribution >= 0.6 is 0 Å². The SMILES string of the molecule is N#Cc1cccc(-c2nc3ccccc3nc2-n2c3ccc4ccccc4c3c3cc4c5ccccc5n5c6ccccc6c(c32)c45)c1.[C-]#[N+]c1cccc(-c2nc(-n3c4ccc5ccccc5c4c4cc5c6ccccc6n6c7ccccc7c(c43)c56)nc3cccnc23)c1.c1ccc2c(c1)ccc1c2c2cc3c4ccccc4n4c5ccccc5c(c2n1-c1ccc2ccc5cccnc5c2n1)c34. The fraction of sp³-hybridized carbons (Fsp3) is 0. The van der Waals surface area contributed by atoms with Crippen LogP contribution in [0, 0.1) is 17.9 Å². The van der Waals surface area contributed by atoms with Crippen molar-refractivity contribution < 1.29 is 0 Å². The number of aromatic nitrogens is 13. The van der Waals surface area contributed by atoms with E-state index in [9.17, 15) is 5.26 Å². The lowest BCUT2D eigenvalue weighted by Gasteiger charge is -2.14. The summed E-state index contributed by atoms with van der Waals surface area (Å²) in [4.78, 5) is 39.8. The quantitative estimate of drug-likeness (QED) is 0.122. The lowest BCUT2D eigenvalue weighted by Crippen LogP contribution is -2.04. The monoisotopic (exact) mass is 1780 g/mol. The van der Waals surface area contributed by atoms with Crippen molar-refractivity contribution in [1.82, 2.24) is 61.8 Å². The van der Waals surface area contributed by atoms with Crippen LogP contribution < -0.4 is 0 Å². The molecule has 0 aliphatic heterocycles. The summed E-state index contributed by atoms with van der Waals surface area (Å²) in [5.74, 6) is 2.20. The van der Waals surface area contributed by atoms with Crippen LogP contribution in [0.25, 0.3) is 301 Å². The predicted octanol–water partition coefficient (Wildman–Crippen LogP) is 31.4. The van der Waals surface area contributed by atoms with E-state index in [0.717, 1.165) is 99.8 Å². The number of benzene rings is 19. The number of fused-ring (bicyclic) bond motifs is 41. The number of hydrogen-bond acceptors (Lipinski definition) is 8. The first-order valence-electron chi connectivity index (χ1n) is 47.0. The maximum absolute atomic E-state index is 9.85. The second kappa shape index (κ2) is 28.5. The van der Waals surface area contributed by atoms with Crippen molar-refractivity contribution in [3.63, 3.8) is 0 Å². The first-order valence-corrected chi connectivity index (χ1v) is 47.0. The van der Waals surface area contributed by atoms with Gasteiger partial charge >= 0.3 is 0 Å². The minimum absolute atomic E-state index is 0.556. The molecule has 0 radical (unpaired) electrons. The Kier molecular flexibility index (Phi) is 15.4. The summed E-state index contributed by atoms with van der Waals surface area (Å²) in [5, 5.41) is 41.3. The Labute approximate surface area is 793 Å². The van der Waals surface area contributed by atoms with Gasteiger partial charge in [0.15, 0.2) is 11.5 Å². The number of para-hydroxylation sites is 8. The van der Waals surface area contributed by atoms with Gasteiger partial charge in [-0.2, -0.15) is 5.26 Å². The Balaban J connectivity index is 0.0000000969. The highest BCUT2D eigenvalue weighted by molar-refractivity contribution is 6.40. The summed E-state index contributed by atoms with van der Waals surface area (Å²) < 4.78 is 14.3. The van der Waals surface area contributed by atoms with Crippen molar-refractivity contribution in [2.24, 2.45) is 0 Å². The molecule has 0 atom stereocenters. The largest absolute Gasteiger partial charge is 0.308 e. The summed E-state index contributed by atoms with van der Waals surface area (Å²) in [5.41, 5.74) is 26.7. The zero-order valence-electron chi connectivity index (χ0n) is 74.4. The van der Waals surface area contributed by atoms with Crippen LogP contribution in [-0.4, -0.2) is 61.8 Å². The van der Waals surface area contributed by atoms with Crippen molar-refractivity contribution in [1.29, 1.82) is 5.26 Å². The molecule has 642 valence electrons. The van der Waals surface area contributed by atoms with Gasteiger partial charge in [-0.1, -0.05) is 261 Å². The Morgan fingerprint density at radius 3 is 1.16 bits per heavy atom. The van der Waals surface area contributed by atoms with E-state index in [2.05, 4.69) is 341 Å². The molecule has 14 aromatic heterocycles. The molecule has 33 rings (SSSR count). The minimum atomic E-state index is 0.556. The van der Waals surface area contributed by atoms with E-state index in [0.29, 0.717) is 28.4 Å². The molecule has 0 fully saturated rings. The van der Waals surface area contributed by atoms with E-state index >= 15 is 0 Å². The molecule has 15 heteroatoms. The van der Waals surface area contributed by atoms with Crippen LogP contribution in [0.1, 0.15) is 5.56 Å². The van der Waals surface area contributed by atoms with Crippen molar-refractivity contribution in [2.75, 3.05) is 0 Å². The van der Waals surface area contributed by atoms with Gasteiger partial charge in [0, 0.05) is 126 Å². The molecule has 0 saturated carbocycles.